The highest BCUT2D eigenvalue weighted by molar-refractivity contribution is 5.39. The molecular weight excluding hydrogens is 202 g/mol. The van der Waals surface area contributed by atoms with Crippen LogP contribution in [0.4, 0.5) is 0 Å². The van der Waals surface area contributed by atoms with Crippen molar-refractivity contribution >= 4 is 0 Å². The molecule has 16 heavy (non-hydrogen) atoms. The molecule has 0 aliphatic rings. The topological polar surface area (TPSA) is 44.5 Å². The predicted octanol–water partition coefficient (Wildman–Crippen LogP) is 2.45. The van der Waals surface area contributed by atoms with Crippen LogP contribution in [0.2, 0.25) is 0 Å². The third-order valence-electron chi connectivity index (χ3n) is 2.42. The lowest BCUT2D eigenvalue weighted by Gasteiger charge is -2.13. The second kappa shape index (κ2) is 7.12. The van der Waals surface area contributed by atoms with Crippen LogP contribution in [0, 0.1) is 5.92 Å². The van der Waals surface area contributed by atoms with Gasteiger partial charge >= 0.3 is 0 Å². The van der Waals surface area contributed by atoms with Gasteiger partial charge in [0.2, 0.25) is 0 Å². The molecule has 2 N–H and O–H groups in total. The summed E-state index contributed by atoms with van der Waals surface area (Å²) >= 11 is 0. The molecule has 3 nitrogen and oxygen atoms in total. The van der Waals surface area contributed by atoms with Crippen LogP contribution in [-0.2, 0) is 0 Å². The van der Waals surface area contributed by atoms with E-state index in [1.54, 1.807) is 0 Å². The fraction of sp³-hybridized carbons (Fsp3) is 0.538. The van der Waals surface area contributed by atoms with Crippen LogP contribution in [0.25, 0.3) is 0 Å². The molecular formula is C13H21NO2. The quantitative estimate of drug-likeness (QED) is 0.772. The summed E-state index contributed by atoms with van der Waals surface area (Å²) < 4.78 is 11.2. The summed E-state index contributed by atoms with van der Waals surface area (Å²) in [7, 11) is 0. The molecule has 1 rings (SSSR count). The van der Waals surface area contributed by atoms with Crippen molar-refractivity contribution in [1.82, 2.24) is 0 Å². The molecule has 0 amide bonds. The Balaban J connectivity index is 2.46. The molecule has 3 heteroatoms. The van der Waals surface area contributed by atoms with E-state index in [1.165, 1.54) is 0 Å². The number of benzene rings is 1. The Bertz CT molecular complexity index is 302. The predicted molar refractivity (Wildman–Crippen MR) is 65.9 cm³/mol. The SMILES string of the molecule is CCOc1ccccc1OCCC(C)CN. The molecule has 0 bridgehead atoms. The van der Waals surface area contributed by atoms with E-state index in [2.05, 4.69) is 6.92 Å². The maximum Gasteiger partial charge on any atom is 0.161 e. The number of hydrogen-bond donors (Lipinski definition) is 1. The Morgan fingerprint density at radius 3 is 2.38 bits per heavy atom. The molecule has 1 atom stereocenters. The van der Waals surface area contributed by atoms with Crippen LogP contribution in [-0.4, -0.2) is 19.8 Å². The van der Waals surface area contributed by atoms with Crippen molar-refractivity contribution in [3.63, 3.8) is 0 Å². The third-order valence-corrected chi connectivity index (χ3v) is 2.42. The number of hydrogen-bond acceptors (Lipinski definition) is 3. The van der Waals surface area contributed by atoms with Gasteiger partial charge in [-0.3, -0.25) is 0 Å². The van der Waals surface area contributed by atoms with Gasteiger partial charge in [0.15, 0.2) is 11.5 Å². The lowest BCUT2D eigenvalue weighted by atomic mass is 10.1. The smallest absolute Gasteiger partial charge is 0.161 e. The van der Waals surface area contributed by atoms with Crippen LogP contribution in [0.3, 0.4) is 0 Å². The zero-order chi connectivity index (χ0) is 11.8. The summed E-state index contributed by atoms with van der Waals surface area (Å²) in [5.74, 6) is 2.12. The van der Waals surface area contributed by atoms with Gasteiger partial charge in [0.05, 0.1) is 13.2 Å². The maximum absolute atomic E-state index is 5.68. The van der Waals surface area contributed by atoms with Gasteiger partial charge < -0.3 is 15.2 Å². The number of ether oxygens (including phenoxy) is 2. The van der Waals surface area contributed by atoms with Gasteiger partial charge in [-0.1, -0.05) is 19.1 Å². The molecule has 0 saturated heterocycles. The zero-order valence-electron chi connectivity index (χ0n) is 10.1. The minimum atomic E-state index is 0.499. The van der Waals surface area contributed by atoms with E-state index in [-0.39, 0.29) is 0 Å². The molecule has 90 valence electrons. The first kappa shape index (κ1) is 12.8. The van der Waals surface area contributed by atoms with E-state index >= 15 is 0 Å². The van der Waals surface area contributed by atoms with Gasteiger partial charge in [-0.05, 0) is 37.9 Å². The van der Waals surface area contributed by atoms with Crippen molar-refractivity contribution in [3.05, 3.63) is 24.3 Å². The second-order valence-electron chi connectivity index (χ2n) is 3.86. The monoisotopic (exact) mass is 223 g/mol. The van der Waals surface area contributed by atoms with Crippen molar-refractivity contribution in [3.8, 4) is 11.5 Å². The lowest BCUT2D eigenvalue weighted by Crippen LogP contribution is -2.14. The van der Waals surface area contributed by atoms with Gasteiger partial charge in [-0.2, -0.15) is 0 Å². The zero-order valence-corrected chi connectivity index (χ0v) is 10.1. The second-order valence-corrected chi connectivity index (χ2v) is 3.86. The molecule has 0 saturated carbocycles. The van der Waals surface area contributed by atoms with Gasteiger partial charge in [0.1, 0.15) is 0 Å². The van der Waals surface area contributed by atoms with Gasteiger partial charge in [-0.25, -0.2) is 0 Å². The Morgan fingerprint density at radius 2 is 1.81 bits per heavy atom. The average molecular weight is 223 g/mol. The van der Waals surface area contributed by atoms with Crippen LogP contribution < -0.4 is 15.2 Å². The van der Waals surface area contributed by atoms with Crippen molar-refractivity contribution in [2.75, 3.05) is 19.8 Å². The van der Waals surface area contributed by atoms with E-state index in [1.807, 2.05) is 31.2 Å². The summed E-state index contributed by atoms with van der Waals surface area (Å²) in [5, 5.41) is 0. The van der Waals surface area contributed by atoms with E-state index in [0.717, 1.165) is 17.9 Å². The highest BCUT2D eigenvalue weighted by atomic mass is 16.5. The van der Waals surface area contributed by atoms with Crippen LogP contribution in [0.1, 0.15) is 20.3 Å². The van der Waals surface area contributed by atoms with Gasteiger partial charge in [0.25, 0.3) is 0 Å². The molecule has 1 unspecified atom stereocenters. The molecule has 1 aromatic rings. The first-order valence-corrected chi connectivity index (χ1v) is 5.82. The first-order valence-electron chi connectivity index (χ1n) is 5.82. The van der Waals surface area contributed by atoms with E-state index in [4.69, 9.17) is 15.2 Å². The standard InChI is InChI=1S/C13H21NO2/c1-3-15-12-6-4-5-7-13(12)16-9-8-11(2)10-14/h4-7,11H,3,8-10,14H2,1-2H3. The van der Waals surface area contributed by atoms with E-state index in [0.29, 0.717) is 25.7 Å². The van der Waals surface area contributed by atoms with Crippen LogP contribution in [0.5, 0.6) is 11.5 Å². The number of para-hydroxylation sites is 2. The first-order chi connectivity index (χ1) is 7.77. The largest absolute Gasteiger partial charge is 0.490 e. The number of rotatable bonds is 7. The van der Waals surface area contributed by atoms with Crippen molar-refractivity contribution in [1.29, 1.82) is 0 Å². The van der Waals surface area contributed by atoms with E-state index < -0.39 is 0 Å². The lowest BCUT2D eigenvalue weighted by molar-refractivity contribution is 0.259. The maximum atomic E-state index is 5.68. The molecule has 0 aliphatic heterocycles. The normalized spacial score (nSPS) is 12.2. The minimum absolute atomic E-state index is 0.499. The molecule has 0 fully saturated rings. The molecule has 0 spiro atoms. The van der Waals surface area contributed by atoms with Crippen molar-refractivity contribution < 1.29 is 9.47 Å². The summed E-state index contributed by atoms with van der Waals surface area (Å²) in [6, 6.07) is 7.74. The Kier molecular flexibility index (Phi) is 5.72. The number of nitrogens with two attached hydrogens (primary N) is 1. The fourth-order valence-electron chi connectivity index (χ4n) is 1.33. The van der Waals surface area contributed by atoms with Crippen molar-refractivity contribution in [2.45, 2.75) is 20.3 Å². The molecule has 0 radical (unpaired) electrons. The summed E-state index contributed by atoms with van der Waals surface area (Å²) in [6.45, 7) is 6.13. The fourth-order valence-corrected chi connectivity index (χ4v) is 1.33. The summed E-state index contributed by atoms with van der Waals surface area (Å²) in [6.07, 6.45) is 0.969. The average Bonchev–Trinajstić information content (AvgIpc) is 2.31. The Morgan fingerprint density at radius 1 is 1.19 bits per heavy atom. The highest BCUT2D eigenvalue weighted by Gasteiger charge is 2.04. The molecule has 0 heterocycles. The summed E-state index contributed by atoms with van der Waals surface area (Å²) in [4.78, 5) is 0. The van der Waals surface area contributed by atoms with Gasteiger partial charge in [0, 0.05) is 0 Å². The van der Waals surface area contributed by atoms with Crippen molar-refractivity contribution in [2.24, 2.45) is 11.7 Å². The van der Waals surface area contributed by atoms with Crippen LogP contribution in [0.15, 0.2) is 24.3 Å². The van der Waals surface area contributed by atoms with Crippen LogP contribution >= 0.6 is 0 Å². The highest BCUT2D eigenvalue weighted by Crippen LogP contribution is 2.26. The molecule has 0 aromatic heterocycles. The Hall–Kier alpha value is -1.22. The molecule has 1 aromatic carbocycles. The summed E-state index contributed by atoms with van der Waals surface area (Å²) in [5.41, 5.74) is 5.55. The van der Waals surface area contributed by atoms with E-state index in [9.17, 15) is 0 Å². The Labute approximate surface area is 97.6 Å². The van der Waals surface area contributed by atoms with Gasteiger partial charge in [-0.15, -0.1) is 0 Å². The molecule has 0 aliphatic carbocycles. The third kappa shape index (κ3) is 4.11. The minimum Gasteiger partial charge on any atom is -0.490 e.